The Balaban J connectivity index is 2.18. The van der Waals surface area contributed by atoms with Crippen LogP contribution in [0.25, 0.3) is 10.9 Å². The molecule has 0 unspecified atom stereocenters. The van der Waals surface area contributed by atoms with E-state index in [9.17, 15) is 8.42 Å². The minimum Gasteiger partial charge on any atom is -0.495 e. The van der Waals surface area contributed by atoms with Crippen molar-refractivity contribution in [2.75, 3.05) is 7.11 Å². The molecule has 25 heavy (non-hydrogen) atoms. The van der Waals surface area contributed by atoms with E-state index in [0.29, 0.717) is 10.4 Å². The molecule has 0 saturated carbocycles. The summed E-state index contributed by atoms with van der Waals surface area (Å²) in [6, 6.07) is 8.91. The van der Waals surface area contributed by atoms with Crippen molar-refractivity contribution < 1.29 is 17.3 Å². The maximum Gasteiger partial charge on any atom is 0.343 e. The summed E-state index contributed by atoms with van der Waals surface area (Å²) in [4.78, 5) is 3.90. The first-order valence-corrected chi connectivity index (χ1v) is 9.38. The van der Waals surface area contributed by atoms with Gasteiger partial charge in [0.2, 0.25) is 0 Å². The van der Waals surface area contributed by atoms with Crippen molar-refractivity contribution in [3.63, 3.8) is 0 Å². The predicted molar refractivity (Wildman–Crippen MR) is 97.6 cm³/mol. The minimum atomic E-state index is -4.28. The highest BCUT2D eigenvalue weighted by atomic mass is 35.5. The average molecular weight is 419 g/mol. The largest absolute Gasteiger partial charge is 0.495 e. The van der Waals surface area contributed by atoms with Crippen molar-refractivity contribution in [3.05, 3.63) is 57.7 Å². The highest BCUT2D eigenvalue weighted by molar-refractivity contribution is 7.87. The fourth-order valence-electron chi connectivity index (χ4n) is 2.23. The number of methoxy groups -OCH3 is 1. The summed E-state index contributed by atoms with van der Waals surface area (Å²) < 4.78 is 35.8. The zero-order chi connectivity index (χ0) is 18.2. The normalized spacial score (nSPS) is 11.5. The third-order valence-corrected chi connectivity index (χ3v) is 5.41. The van der Waals surface area contributed by atoms with Gasteiger partial charge < -0.3 is 8.92 Å². The van der Waals surface area contributed by atoms with Crippen LogP contribution in [0.3, 0.4) is 0 Å². The summed E-state index contributed by atoms with van der Waals surface area (Å²) in [5.41, 5.74) is 0.226. The van der Waals surface area contributed by atoms with Gasteiger partial charge in [0.1, 0.15) is 16.2 Å². The van der Waals surface area contributed by atoms with Gasteiger partial charge in [0, 0.05) is 16.6 Å². The maximum atomic E-state index is 12.7. The van der Waals surface area contributed by atoms with E-state index in [2.05, 4.69) is 4.98 Å². The van der Waals surface area contributed by atoms with Crippen molar-refractivity contribution in [1.29, 1.82) is 0 Å². The van der Waals surface area contributed by atoms with Crippen LogP contribution in [0.1, 0.15) is 0 Å². The van der Waals surface area contributed by atoms with Crippen LogP contribution >= 0.6 is 34.8 Å². The molecule has 0 atom stereocenters. The molecule has 1 aromatic heterocycles. The molecule has 0 N–H and O–H groups in total. The number of benzene rings is 2. The smallest absolute Gasteiger partial charge is 0.343 e. The monoisotopic (exact) mass is 417 g/mol. The summed E-state index contributed by atoms with van der Waals surface area (Å²) in [7, 11) is -2.94. The van der Waals surface area contributed by atoms with Crippen LogP contribution < -0.4 is 8.92 Å². The molecule has 0 amide bonds. The third kappa shape index (κ3) is 3.48. The molecule has 0 aliphatic rings. The summed E-state index contributed by atoms with van der Waals surface area (Å²) in [6.45, 7) is 0. The Kier molecular flexibility index (Phi) is 4.97. The van der Waals surface area contributed by atoms with Crippen LogP contribution in [0.4, 0.5) is 0 Å². The zero-order valence-corrected chi connectivity index (χ0v) is 15.7. The van der Waals surface area contributed by atoms with Crippen LogP contribution in [-0.4, -0.2) is 20.5 Å². The number of fused-ring (bicyclic) bond motifs is 1. The van der Waals surface area contributed by atoms with E-state index in [4.69, 9.17) is 43.7 Å². The first-order chi connectivity index (χ1) is 11.8. The van der Waals surface area contributed by atoms with Gasteiger partial charge >= 0.3 is 10.1 Å². The summed E-state index contributed by atoms with van der Waals surface area (Å²) in [5, 5.41) is 1.07. The molecule has 0 fully saturated rings. The Morgan fingerprint density at radius 2 is 1.80 bits per heavy atom. The van der Waals surface area contributed by atoms with E-state index in [1.54, 1.807) is 12.1 Å². The quantitative estimate of drug-likeness (QED) is 0.560. The van der Waals surface area contributed by atoms with Gasteiger partial charge in [-0.05, 0) is 36.4 Å². The van der Waals surface area contributed by atoms with E-state index < -0.39 is 10.1 Å². The summed E-state index contributed by atoms with van der Waals surface area (Å²) in [6.07, 6.45) is 1.48. The van der Waals surface area contributed by atoms with Crippen molar-refractivity contribution in [2.24, 2.45) is 0 Å². The molecule has 0 aliphatic heterocycles. The standard InChI is InChI=1S/C16H10Cl3NO4S/c1-23-13-5-4-9(17)7-14(13)25(21,22)24-16-12(19)8-11(18)10-3-2-6-20-15(10)16/h2-8H,1H3. The van der Waals surface area contributed by atoms with E-state index in [0.717, 1.165) is 0 Å². The lowest BCUT2D eigenvalue weighted by atomic mass is 10.2. The minimum absolute atomic E-state index is 0.0146. The van der Waals surface area contributed by atoms with E-state index in [1.807, 2.05) is 0 Å². The molecular weight excluding hydrogens is 409 g/mol. The highest BCUT2D eigenvalue weighted by Crippen LogP contribution is 2.39. The average Bonchev–Trinajstić information content (AvgIpc) is 2.58. The number of hydrogen-bond donors (Lipinski definition) is 0. The molecule has 2 aromatic carbocycles. The van der Waals surface area contributed by atoms with Crippen molar-refractivity contribution >= 4 is 55.8 Å². The number of aromatic nitrogens is 1. The first kappa shape index (κ1) is 18.1. The number of rotatable bonds is 4. The van der Waals surface area contributed by atoms with Gasteiger partial charge in [-0.2, -0.15) is 8.42 Å². The Morgan fingerprint density at radius 1 is 1.04 bits per heavy atom. The van der Waals surface area contributed by atoms with Crippen molar-refractivity contribution in [3.8, 4) is 11.5 Å². The zero-order valence-electron chi connectivity index (χ0n) is 12.7. The molecule has 1 heterocycles. The van der Waals surface area contributed by atoms with Crippen LogP contribution in [0.5, 0.6) is 11.5 Å². The van der Waals surface area contributed by atoms with E-state index in [-0.39, 0.29) is 32.0 Å². The van der Waals surface area contributed by atoms with Crippen LogP contribution in [0.2, 0.25) is 15.1 Å². The number of halogens is 3. The fourth-order valence-corrected chi connectivity index (χ4v) is 4.21. The molecule has 130 valence electrons. The Bertz CT molecular complexity index is 1070. The van der Waals surface area contributed by atoms with Gasteiger partial charge in [0.15, 0.2) is 5.75 Å². The Labute approximate surface area is 159 Å². The van der Waals surface area contributed by atoms with Crippen molar-refractivity contribution in [2.45, 2.75) is 4.90 Å². The fraction of sp³-hybridized carbons (Fsp3) is 0.0625. The molecule has 0 saturated heterocycles. The van der Waals surface area contributed by atoms with Gasteiger partial charge in [-0.1, -0.05) is 34.8 Å². The number of ether oxygens (including phenoxy) is 1. The van der Waals surface area contributed by atoms with Crippen LogP contribution in [0.15, 0.2) is 47.5 Å². The molecule has 3 aromatic rings. The van der Waals surface area contributed by atoms with E-state index in [1.165, 1.54) is 37.6 Å². The molecule has 9 heteroatoms. The second-order valence-corrected chi connectivity index (χ2v) is 7.67. The molecule has 0 spiro atoms. The maximum absolute atomic E-state index is 12.7. The second-order valence-electron chi connectivity index (χ2n) is 4.90. The van der Waals surface area contributed by atoms with Crippen LogP contribution in [-0.2, 0) is 10.1 Å². The molecule has 0 aliphatic carbocycles. The molecule has 0 radical (unpaired) electrons. The third-order valence-electron chi connectivity index (χ3n) is 3.34. The van der Waals surface area contributed by atoms with Gasteiger partial charge in [0.05, 0.1) is 17.2 Å². The topological polar surface area (TPSA) is 65.5 Å². The SMILES string of the molecule is COc1ccc(Cl)cc1S(=O)(=O)Oc1c(Cl)cc(Cl)c2cccnc12. The second kappa shape index (κ2) is 6.88. The number of nitrogens with zero attached hydrogens (tertiary/aromatic N) is 1. The lowest BCUT2D eigenvalue weighted by Gasteiger charge is -2.13. The van der Waals surface area contributed by atoms with Crippen LogP contribution in [0, 0.1) is 0 Å². The van der Waals surface area contributed by atoms with E-state index >= 15 is 0 Å². The summed E-state index contributed by atoms with van der Waals surface area (Å²) >= 11 is 18.2. The first-order valence-electron chi connectivity index (χ1n) is 6.84. The summed E-state index contributed by atoms with van der Waals surface area (Å²) in [5.74, 6) is -0.0320. The Morgan fingerprint density at radius 3 is 2.52 bits per heavy atom. The lowest BCUT2D eigenvalue weighted by Crippen LogP contribution is -2.12. The van der Waals surface area contributed by atoms with Gasteiger partial charge in [0.25, 0.3) is 0 Å². The molecule has 3 rings (SSSR count). The molecule has 5 nitrogen and oxygen atoms in total. The predicted octanol–water partition coefficient (Wildman–Crippen LogP) is 4.97. The van der Waals surface area contributed by atoms with Crippen molar-refractivity contribution in [1.82, 2.24) is 4.98 Å². The number of pyridine rings is 1. The number of hydrogen-bond acceptors (Lipinski definition) is 5. The van der Waals surface area contributed by atoms with Gasteiger partial charge in [-0.3, -0.25) is 4.98 Å². The van der Waals surface area contributed by atoms with Gasteiger partial charge in [-0.15, -0.1) is 0 Å². The van der Waals surface area contributed by atoms with Gasteiger partial charge in [-0.25, -0.2) is 0 Å². The molecular formula is C16H10Cl3NO4S. The molecule has 0 bridgehead atoms. The Hall–Kier alpha value is -1.73. The highest BCUT2D eigenvalue weighted by Gasteiger charge is 2.25. The lowest BCUT2D eigenvalue weighted by molar-refractivity contribution is 0.398.